The van der Waals surface area contributed by atoms with Gasteiger partial charge in [-0.2, -0.15) is 0 Å². The molecule has 1 atom stereocenters. The van der Waals surface area contributed by atoms with Crippen LogP contribution in [0.15, 0.2) is 48.5 Å². The summed E-state index contributed by atoms with van der Waals surface area (Å²) in [6.45, 7) is 0.953. The molecule has 0 bridgehead atoms. The first-order valence-electron chi connectivity index (χ1n) is 12.0. The molecule has 2 heterocycles. The number of methoxy groups -OCH3 is 2. The van der Waals surface area contributed by atoms with Gasteiger partial charge < -0.3 is 23.8 Å². The molecule has 4 rings (SSSR count). The summed E-state index contributed by atoms with van der Waals surface area (Å²) in [4.78, 5) is 41.1. The van der Waals surface area contributed by atoms with Crippen molar-refractivity contribution in [3.63, 3.8) is 0 Å². The second-order valence-corrected chi connectivity index (χ2v) is 9.07. The Morgan fingerprint density at radius 1 is 1.08 bits per heavy atom. The molecule has 2 saturated heterocycles. The Morgan fingerprint density at radius 2 is 1.81 bits per heavy atom. The van der Waals surface area contributed by atoms with Gasteiger partial charge in [0, 0.05) is 25.2 Å². The van der Waals surface area contributed by atoms with Gasteiger partial charge in [0.1, 0.15) is 13.2 Å². The molecule has 0 N–H and O–H groups in total. The van der Waals surface area contributed by atoms with Crippen molar-refractivity contribution in [1.29, 1.82) is 0 Å². The zero-order valence-electron chi connectivity index (χ0n) is 20.7. The van der Waals surface area contributed by atoms with Crippen LogP contribution in [0, 0.1) is 0 Å². The van der Waals surface area contributed by atoms with E-state index >= 15 is 0 Å². The molecule has 9 nitrogen and oxygen atoms in total. The summed E-state index contributed by atoms with van der Waals surface area (Å²) >= 11 is 6.40. The van der Waals surface area contributed by atoms with Crippen LogP contribution in [0.1, 0.15) is 24.0 Å². The van der Waals surface area contributed by atoms with E-state index in [2.05, 4.69) is 0 Å². The average Bonchev–Trinajstić information content (AvgIpc) is 3.32. The second kappa shape index (κ2) is 12.0. The van der Waals surface area contributed by atoms with Crippen molar-refractivity contribution < 1.29 is 33.3 Å². The van der Waals surface area contributed by atoms with Crippen molar-refractivity contribution in [1.82, 2.24) is 9.80 Å². The van der Waals surface area contributed by atoms with Crippen LogP contribution in [0.4, 0.5) is 4.79 Å². The van der Waals surface area contributed by atoms with Crippen molar-refractivity contribution in [2.45, 2.75) is 31.5 Å². The van der Waals surface area contributed by atoms with Gasteiger partial charge in [0.25, 0.3) is 0 Å². The van der Waals surface area contributed by atoms with Crippen LogP contribution in [0.3, 0.4) is 0 Å². The maximum atomic E-state index is 12.8. The molecule has 0 aromatic heterocycles. The zero-order valence-corrected chi connectivity index (χ0v) is 21.5. The van der Waals surface area contributed by atoms with Gasteiger partial charge in [-0.05, 0) is 42.2 Å². The number of cyclic esters (lactones) is 1. The van der Waals surface area contributed by atoms with Crippen molar-refractivity contribution in [2.24, 2.45) is 0 Å². The van der Waals surface area contributed by atoms with E-state index in [1.807, 2.05) is 30.3 Å². The van der Waals surface area contributed by atoms with Crippen molar-refractivity contribution in [3.05, 3.63) is 64.7 Å². The lowest BCUT2D eigenvalue weighted by atomic mass is 10.0. The summed E-state index contributed by atoms with van der Waals surface area (Å²) in [5, 5.41) is 0.349. The number of esters is 1. The van der Waals surface area contributed by atoms with Gasteiger partial charge >= 0.3 is 12.1 Å². The Labute approximate surface area is 220 Å². The molecule has 2 aliphatic rings. The summed E-state index contributed by atoms with van der Waals surface area (Å²) in [5.74, 6) is 0.227. The van der Waals surface area contributed by atoms with E-state index in [1.54, 1.807) is 23.1 Å². The summed E-state index contributed by atoms with van der Waals surface area (Å²) in [5.41, 5.74) is 1.49. The number of rotatable bonds is 8. The smallest absolute Gasteiger partial charge is 0.410 e. The monoisotopic (exact) mass is 528 g/mol. The molecule has 0 radical (unpaired) electrons. The van der Waals surface area contributed by atoms with E-state index in [1.165, 1.54) is 25.2 Å². The minimum atomic E-state index is -0.796. The average molecular weight is 529 g/mol. The lowest BCUT2D eigenvalue weighted by molar-refractivity contribution is -0.150. The molecule has 0 spiro atoms. The largest absolute Gasteiger partial charge is 0.493 e. The Morgan fingerprint density at radius 3 is 2.49 bits per heavy atom. The first-order chi connectivity index (χ1) is 17.9. The number of nitrogens with zero attached hydrogens (tertiary/aromatic N) is 2. The van der Waals surface area contributed by atoms with Gasteiger partial charge in [0.05, 0.1) is 19.2 Å². The van der Waals surface area contributed by atoms with Crippen LogP contribution < -0.4 is 9.47 Å². The van der Waals surface area contributed by atoms with E-state index < -0.39 is 18.1 Å². The first-order valence-corrected chi connectivity index (χ1v) is 12.3. The Bertz CT molecular complexity index is 1160. The molecule has 0 saturated carbocycles. The highest BCUT2D eigenvalue weighted by atomic mass is 35.5. The fraction of sp³-hybridized carbons (Fsp3) is 0.370. The predicted molar refractivity (Wildman–Crippen MR) is 136 cm³/mol. The van der Waals surface area contributed by atoms with Crippen LogP contribution in [0.2, 0.25) is 5.02 Å². The number of benzene rings is 2. The molecule has 37 heavy (non-hydrogen) atoms. The summed E-state index contributed by atoms with van der Waals surface area (Å²) in [7, 11) is 3.02. The normalized spacial score (nSPS) is 18.1. The summed E-state index contributed by atoms with van der Waals surface area (Å²) in [6, 6.07) is 11.8. The zero-order chi connectivity index (χ0) is 26.4. The molecule has 2 aromatic carbocycles. The minimum absolute atomic E-state index is 0.0412. The third kappa shape index (κ3) is 5.99. The van der Waals surface area contributed by atoms with Crippen LogP contribution >= 0.6 is 11.6 Å². The van der Waals surface area contributed by atoms with Gasteiger partial charge in [0.2, 0.25) is 5.91 Å². The van der Waals surface area contributed by atoms with Gasteiger partial charge in [-0.3, -0.25) is 9.69 Å². The number of amides is 2. The van der Waals surface area contributed by atoms with Crippen molar-refractivity contribution >= 4 is 35.6 Å². The summed E-state index contributed by atoms with van der Waals surface area (Å²) < 4.78 is 21.2. The fourth-order valence-electron chi connectivity index (χ4n) is 4.51. The van der Waals surface area contributed by atoms with Gasteiger partial charge in [-0.1, -0.05) is 41.9 Å². The van der Waals surface area contributed by atoms with E-state index in [0.29, 0.717) is 48.0 Å². The highest BCUT2D eigenvalue weighted by Gasteiger charge is 2.44. The van der Waals surface area contributed by atoms with Crippen LogP contribution in [-0.4, -0.2) is 73.8 Å². The van der Waals surface area contributed by atoms with Crippen LogP contribution in [0.25, 0.3) is 6.08 Å². The van der Waals surface area contributed by atoms with E-state index in [4.69, 9.17) is 30.5 Å². The van der Waals surface area contributed by atoms with E-state index in [9.17, 15) is 14.4 Å². The number of carbonyl (C=O) groups is 3. The minimum Gasteiger partial charge on any atom is -0.493 e. The molecule has 2 aromatic rings. The van der Waals surface area contributed by atoms with Crippen LogP contribution in [-0.2, 0) is 25.7 Å². The number of hydrogen-bond acceptors (Lipinski definition) is 7. The van der Waals surface area contributed by atoms with Crippen molar-refractivity contribution in [2.75, 3.05) is 33.9 Å². The molecule has 1 unspecified atom stereocenters. The Kier molecular flexibility index (Phi) is 8.55. The molecule has 196 valence electrons. The second-order valence-electron chi connectivity index (χ2n) is 8.69. The summed E-state index contributed by atoms with van der Waals surface area (Å²) in [6.07, 6.45) is 3.61. The number of carbonyl (C=O) groups excluding carboxylic acids is 3. The molecule has 2 amide bonds. The number of hydrogen-bond donors (Lipinski definition) is 0. The molecule has 2 fully saturated rings. The van der Waals surface area contributed by atoms with Gasteiger partial charge in [-0.25, -0.2) is 9.59 Å². The van der Waals surface area contributed by atoms with E-state index in [-0.39, 0.29) is 25.2 Å². The lowest BCUT2D eigenvalue weighted by Crippen LogP contribution is -2.51. The fourth-order valence-corrected chi connectivity index (χ4v) is 4.80. The van der Waals surface area contributed by atoms with Crippen molar-refractivity contribution in [3.8, 4) is 11.5 Å². The number of likely N-dealkylation sites (tertiary alicyclic amines) is 1. The lowest BCUT2D eigenvalue weighted by Gasteiger charge is -2.36. The molecule has 2 aliphatic heterocycles. The highest BCUT2D eigenvalue weighted by Crippen LogP contribution is 2.37. The predicted octanol–water partition coefficient (Wildman–Crippen LogP) is 3.93. The number of piperidine rings is 1. The molecular weight excluding hydrogens is 500 g/mol. The van der Waals surface area contributed by atoms with Gasteiger partial charge in [0.15, 0.2) is 17.5 Å². The maximum Gasteiger partial charge on any atom is 0.410 e. The first kappa shape index (κ1) is 26.3. The van der Waals surface area contributed by atoms with E-state index in [0.717, 1.165) is 5.56 Å². The number of ether oxygens (including phenoxy) is 4. The standard InChI is InChI=1S/C27H29ClN2O7/c1-34-22-10-8-19(24(28)25(22)35-2)9-11-23(31)29-14-12-20(13-15-29)30-21(17-37-27(30)33)26(32)36-16-18-6-4-3-5-7-18/h3-11,20-21H,12-17H2,1-2H3. The van der Waals surface area contributed by atoms with Gasteiger partial charge in [-0.15, -0.1) is 0 Å². The highest BCUT2D eigenvalue weighted by molar-refractivity contribution is 6.33. The molecule has 10 heteroatoms. The quantitative estimate of drug-likeness (QED) is 0.378. The third-order valence-electron chi connectivity index (χ3n) is 6.50. The third-order valence-corrected chi connectivity index (χ3v) is 6.89. The Balaban J connectivity index is 1.33. The Hall–Kier alpha value is -3.72. The SMILES string of the molecule is COc1ccc(C=CC(=O)N2CCC(N3C(=O)OCC3C(=O)OCc3ccccc3)CC2)c(Cl)c1OC. The topological polar surface area (TPSA) is 94.6 Å². The molecular formula is C27H29ClN2O7. The number of halogens is 1. The van der Waals surface area contributed by atoms with Crippen LogP contribution in [0.5, 0.6) is 11.5 Å². The molecule has 0 aliphatic carbocycles. The maximum absolute atomic E-state index is 12.8.